The van der Waals surface area contributed by atoms with Gasteiger partial charge in [0.25, 0.3) is 0 Å². The number of amides is 1. The number of anilines is 1. The second-order valence-electron chi connectivity index (χ2n) is 7.25. The number of methoxy groups -OCH3 is 1. The molecule has 0 saturated heterocycles. The molecule has 162 valence electrons. The van der Waals surface area contributed by atoms with Crippen LogP contribution >= 0.6 is 0 Å². The highest BCUT2D eigenvalue weighted by Gasteiger charge is 2.08. The van der Waals surface area contributed by atoms with Gasteiger partial charge in [0.05, 0.1) is 13.7 Å². The van der Waals surface area contributed by atoms with Crippen molar-refractivity contribution in [2.75, 3.05) is 26.0 Å². The van der Waals surface area contributed by atoms with Gasteiger partial charge >= 0.3 is 0 Å². The van der Waals surface area contributed by atoms with Gasteiger partial charge in [-0.05, 0) is 36.8 Å². The van der Waals surface area contributed by atoms with Gasteiger partial charge in [0.2, 0.25) is 5.91 Å². The van der Waals surface area contributed by atoms with Gasteiger partial charge in [-0.25, -0.2) is 0 Å². The Balaban J connectivity index is 1.78. The van der Waals surface area contributed by atoms with Crippen molar-refractivity contribution >= 4 is 17.6 Å². The van der Waals surface area contributed by atoms with Crippen molar-refractivity contribution in [2.24, 2.45) is 10.9 Å². The van der Waals surface area contributed by atoms with Crippen molar-refractivity contribution in [3.8, 4) is 11.5 Å². The molecule has 0 aromatic heterocycles. The fraction of sp³-hybridized carbons (Fsp3) is 0.391. The summed E-state index contributed by atoms with van der Waals surface area (Å²) in [7, 11) is 3.36. The van der Waals surface area contributed by atoms with Gasteiger partial charge in [0, 0.05) is 31.3 Å². The van der Waals surface area contributed by atoms with Crippen LogP contribution in [0.5, 0.6) is 11.5 Å². The van der Waals surface area contributed by atoms with Crippen molar-refractivity contribution in [3.05, 3.63) is 54.1 Å². The Morgan fingerprint density at radius 1 is 1.03 bits per heavy atom. The van der Waals surface area contributed by atoms with E-state index in [-0.39, 0.29) is 17.9 Å². The molecule has 0 spiro atoms. The minimum atomic E-state index is -0.0560. The van der Waals surface area contributed by atoms with Crippen molar-refractivity contribution in [2.45, 2.75) is 33.4 Å². The standard InChI is InChI=1S/C23H32N4O3/c1-16(2)22(28)27-19-11-9-18(10-12-19)15-26-23(24-4)25-14-17(3)30-21-8-6-7-20(13-21)29-5/h6-13,16-17H,14-15H2,1-5H3,(H,27,28)(H2,24,25,26). The van der Waals surface area contributed by atoms with Crippen molar-refractivity contribution in [3.63, 3.8) is 0 Å². The normalized spacial score (nSPS) is 12.3. The maximum Gasteiger partial charge on any atom is 0.226 e. The van der Waals surface area contributed by atoms with Crippen LogP contribution < -0.4 is 25.4 Å². The predicted octanol–water partition coefficient (Wildman–Crippen LogP) is 3.42. The molecule has 2 aromatic carbocycles. The number of hydrogen-bond donors (Lipinski definition) is 3. The van der Waals surface area contributed by atoms with E-state index in [1.54, 1.807) is 14.2 Å². The molecule has 0 radical (unpaired) electrons. The largest absolute Gasteiger partial charge is 0.497 e. The number of carbonyl (C=O) groups excluding carboxylic acids is 1. The maximum atomic E-state index is 11.8. The molecule has 0 aliphatic carbocycles. The fourth-order valence-electron chi connectivity index (χ4n) is 2.59. The quantitative estimate of drug-likeness (QED) is 0.434. The van der Waals surface area contributed by atoms with Crippen molar-refractivity contribution in [1.82, 2.24) is 10.6 Å². The third-order valence-electron chi connectivity index (χ3n) is 4.36. The number of nitrogens with zero attached hydrogens (tertiary/aromatic N) is 1. The molecule has 1 unspecified atom stereocenters. The van der Waals surface area contributed by atoms with E-state index in [0.717, 1.165) is 22.7 Å². The molecule has 2 aromatic rings. The summed E-state index contributed by atoms with van der Waals surface area (Å²) < 4.78 is 11.1. The molecule has 1 atom stereocenters. The van der Waals surface area contributed by atoms with Gasteiger partial charge in [-0.15, -0.1) is 0 Å². The molecule has 7 nitrogen and oxygen atoms in total. The Hall–Kier alpha value is -3.22. The highest BCUT2D eigenvalue weighted by atomic mass is 16.5. The first kappa shape index (κ1) is 23.1. The molecule has 0 saturated carbocycles. The monoisotopic (exact) mass is 412 g/mol. The lowest BCUT2D eigenvalue weighted by Gasteiger charge is -2.18. The first-order valence-corrected chi connectivity index (χ1v) is 10.1. The number of guanidine groups is 1. The molecule has 0 fully saturated rings. The van der Waals surface area contributed by atoms with Gasteiger partial charge in [0.15, 0.2) is 5.96 Å². The van der Waals surface area contributed by atoms with E-state index >= 15 is 0 Å². The van der Waals surface area contributed by atoms with Crippen molar-refractivity contribution in [1.29, 1.82) is 0 Å². The predicted molar refractivity (Wildman–Crippen MR) is 121 cm³/mol. The molecular weight excluding hydrogens is 380 g/mol. The third kappa shape index (κ3) is 7.66. The Morgan fingerprint density at radius 2 is 1.73 bits per heavy atom. The Bertz CT molecular complexity index is 835. The van der Waals surface area contributed by atoms with Gasteiger partial charge < -0.3 is 25.4 Å². The van der Waals surface area contributed by atoms with E-state index in [2.05, 4.69) is 20.9 Å². The van der Waals surface area contributed by atoms with Gasteiger partial charge in [-0.2, -0.15) is 0 Å². The van der Waals surface area contributed by atoms with E-state index in [1.807, 2.05) is 69.3 Å². The molecule has 2 rings (SSSR count). The van der Waals surface area contributed by atoms with Gasteiger partial charge in [-0.3, -0.25) is 9.79 Å². The summed E-state index contributed by atoms with van der Waals surface area (Å²) in [4.78, 5) is 16.0. The van der Waals surface area contributed by atoms with E-state index in [9.17, 15) is 4.79 Å². The first-order chi connectivity index (χ1) is 14.4. The number of aliphatic imine (C=N–C) groups is 1. The Morgan fingerprint density at radius 3 is 2.37 bits per heavy atom. The second kappa shape index (κ2) is 11.7. The molecule has 0 aliphatic heterocycles. The molecule has 0 heterocycles. The fourth-order valence-corrected chi connectivity index (χ4v) is 2.59. The summed E-state index contributed by atoms with van der Waals surface area (Å²) in [6, 6.07) is 15.3. The van der Waals surface area contributed by atoms with Crippen LogP contribution in [0.4, 0.5) is 5.69 Å². The number of rotatable bonds is 9. The van der Waals surface area contributed by atoms with Crippen LogP contribution in [0.15, 0.2) is 53.5 Å². The highest BCUT2D eigenvalue weighted by Crippen LogP contribution is 2.19. The van der Waals surface area contributed by atoms with Crippen LogP contribution in [0.3, 0.4) is 0 Å². The lowest BCUT2D eigenvalue weighted by atomic mass is 10.1. The maximum absolute atomic E-state index is 11.8. The van der Waals surface area contributed by atoms with Crippen LogP contribution in [0.25, 0.3) is 0 Å². The zero-order chi connectivity index (χ0) is 21.9. The lowest BCUT2D eigenvalue weighted by molar-refractivity contribution is -0.118. The Labute approximate surface area is 178 Å². The van der Waals surface area contributed by atoms with Crippen molar-refractivity contribution < 1.29 is 14.3 Å². The molecule has 30 heavy (non-hydrogen) atoms. The minimum Gasteiger partial charge on any atom is -0.497 e. The number of nitrogens with one attached hydrogen (secondary N) is 3. The molecule has 3 N–H and O–H groups in total. The zero-order valence-corrected chi connectivity index (χ0v) is 18.4. The Kier molecular flexibility index (Phi) is 9.00. The number of benzene rings is 2. The topological polar surface area (TPSA) is 84.0 Å². The summed E-state index contributed by atoms with van der Waals surface area (Å²) in [5, 5.41) is 9.43. The third-order valence-corrected chi connectivity index (χ3v) is 4.36. The summed E-state index contributed by atoms with van der Waals surface area (Å²) in [6.45, 7) is 6.94. The number of ether oxygens (including phenoxy) is 2. The molecule has 0 bridgehead atoms. The summed E-state index contributed by atoms with van der Waals surface area (Å²) in [5.41, 5.74) is 1.88. The molecule has 1 amide bonds. The minimum absolute atomic E-state index is 0.00997. The molecule has 0 aliphatic rings. The summed E-state index contributed by atoms with van der Waals surface area (Å²) in [6.07, 6.45) is -0.0560. The summed E-state index contributed by atoms with van der Waals surface area (Å²) >= 11 is 0. The smallest absolute Gasteiger partial charge is 0.226 e. The second-order valence-corrected chi connectivity index (χ2v) is 7.25. The van der Waals surface area contributed by atoms with E-state index in [1.165, 1.54) is 0 Å². The zero-order valence-electron chi connectivity index (χ0n) is 18.4. The number of carbonyl (C=O) groups is 1. The SMILES string of the molecule is CN=C(NCc1ccc(NC(=O)C(C)C)cc1)NCC(C)Oc1cccc(OC)c1. The number of hydrogen-bond acceptors (Lipinski definition) is 4. The molecular formula is C23H32N4O3. The van der Waals surface area contributed by atoms with Crippen LogP contribution in [0.2, 0.25) is 0 Å². The van der Waals surface area contributed by atoms with Crippen LogP contribution in [0, 0.1) is 5.92 Å². The average molecular weight is 413 g/mol. The summed E-state index contributed by atoms with van der Waals surface area (Å²) in [5.74, 6) is 2.18. The highest BCUT2D eigenvalue weighted by molar-refractivity contribution is 5.92. The van der Waals surface area contributed by atoms with E-state index < -0.39 is 0 Å². The lowest BCUT2D eigenvalue weighted by Crippen LogP contribution is -2.41. The molecule has 7 heteroatoms. The van der Waals surface area contributed by atoms with Gasteiger partial charge in [0.1, 0.15) is 17.6 Å². The van der Waals surface area contributed by atoms with E-state index in [4.69, 9.17) is 9.47 Å². The first-order valence-electron chi connectivity index (χ1n) is 10.1. The van der Waals surface area contributed by atoms with Gasteiger partial charge in [-0.1, -0.05) is 32.0 Å². The average Bonchev–Trinajstić information content (AvgIpc) is 2.75. The van der Waals surface area contributed by atoms with Crippen LogP contribution in [0.1, 0.15) is 26.3 Å². The van der Waals surface area contributed by atoms with E-state index in [0.29, 0.717) is 19.0 Å². The van der Waals surface area contributed by atoms with Crippen LogP contribution in [-0.4, -0.2) is 38.7 Å². The van der Waals surface area contributed by atoms with Crippen LogP contribution in [-0.2, 0) is 11.3 Å².